The van der Waals surface area contributed by atoms with Gasteiger partial charge in [-0.25, -0.2) is 0 Å². The second kappa shape index (κ2) is 15.5. The Hall–Kier alpha value is -3.22. The molecule has 1 saturated heterocycles. The summed E-state index contributed by atoms with van der Waals surface area (Å²) in [5.74, 6) is 0.859. The minimum absolute atomic E-state index is 0.0207. The molecule has 2 aromatic rings. The number of hydrogen-bond donors (Lipinski definition) is 2. The summed E-state index contributed by atoms with van der Waals surface area (Å²) in [4.78, 5) is 30.9. The van der Waals surface area contributed by atoms with Crippen molar-refractivity contribution in [3.63, 3.8) is 0 Å². The average Bonchev–Trinajstić information content (AvgIpc) is 2.99. The molecule has 40 heavy (non-hydrogen) atoms. The fraction of sp³-hybridized carbons (Fsp3) is 0.576. The Morgan fingerprint density at radius 2 is 1.52 bits per heavy atom. The SMILES string of the molecule is CCCCCCCCC(=O)Nc1ccc(N2CCN(c3ccccc3OC)CC2)c(C(=O)NC2CCCCC2)c1. The smallest absolute Gasteiger partial charge is 0.253 e. The van der Waals surface area contributed by atoms with Gasteiger partial charge in [-0.1, -0.05) is 70.4 Å². The normalized spacial score (nSPS) is 16.1. The summed E-state index contributed by atoms with van der Waals surface area (Å²) in [7, 11) is 1.71. The monoisotopic (exact) mass is 548 g/mol. The third-order valence-electron chi connectivity index (χ3n) is 8.27. The first-order valence-electron chi connectivity index (χ1n) is 15.5. The Morgan fingerprint density at radius 3 is 2.25 bits per heavy atom. The number of methoxy groups -OCH3 is 1. The molecular weight excluding hydrogens is 500 g/mol. The van der Waals surface area contributed by atoms with Crippen LogP contribution in [0.3, 0.4) is 0 Å². The number of carbonyl (C=O) groups is 2. The number of amides is 2. The minimum Gasteiger partial charge on any atom is -0.495 e. The van der Waals surface area contributed by atoms with Gasteiger partial charge in [-0.3, -0.25) is 9.59 Å². The number of ether oxygens (including phenoxy) is 1. The van der Waals surface area contributed by atoms with Gasteiger partial charge in [-0.05, 0) is 49.6 Å². The van der Waals surface area contributed by atoms with Gasteiger partial charge in [-0.2, -0.15) is 0 Å². The number of para-hydroxylation sites is 2. The van der Waals surface area contributed by atoms with Crippen molar-refractivity contribution in [1.29, 1.82) is 0 Å². The predicted molar refractivity (Wildman–Crippen MR) is 165 cm³/mol. The van der Waals surface area contributed by atoms with E-state index in [2.05, 4.69) is 33.4 Å². The number of unbranched alkanes of at least 4 members (excludes halogenated alkanes) is 5. The van der Waals surface area contributed by atoms with Crippen molar-refractivity contribution >= 4 is 28.9 Å². The van der Waals surface area contributed by atoms with Crippen LogP contribution in [0.2, 0.25) is 0 Å². The van der Waals surface area contributed by atoms with Crippen molar-refractivity contribution in [2.45, 2.75) is 90.0 Å². The molecule has 0 aromatic heterocycles. The zero-order valence-corrected chi connectivity index (χ0v) is 24.6. The third kappa shape index (κ3) is 8.39. The lowest BCUT2D eigenvalue weighted by Gasteiger charge is -2.38. The maximum atomic E-state index is 13.6. The molecule has 0 spiro atoms. The van der Waals surface area contributed by atoms with E-state index in [1.54, 1.807) is 7.11 Å². The first-order chi connectivity index (χ1) is 19.6. The lowest BCUT2D eigenvalue weighted by molar-refractivity contribution is -0.116. The largest absolute Gasteiger partial charge is 0.495 e. The van der Waals surface area contributed by atoms with E-state index < -0.39 is 0 Å². The molecule has 2 N–H and O–H groups in total. The number of hydrogen-bond acceptors (Lipinski definition) is 5. The summed E-state index contributed by atoms with van der Waals surface area (Å²) >= 11 is 0. The molecule has 2 aliphatic rings. The van der Waals surface area contributed by atoms with Crippen LogP contribution >= 0.6 is 0 Å². The molecule has 218 valence electrons. The number of benzene rings is 2. The van der Waals surface area contributed by atoms with Crippen molar-refractivity contribution in [3.8, 4) is 5.75 Å². The Balaban J connectivity index is 1.43. The highest BCUT2D eigenvalue weighted by Gasteiger charge is 2.25. The highest BCUT2D eigenvalue weighted by Crippen LogP contribution is 2.31. The molecule has 4 rings (SSSR count). The molecule has 7 heteroatoms. The van der Waals surface area contributed by atoms with Crippen molar-refractivity contribution in [2.24, 2.45) is 0 Å². The lowest BCUT2D eigenvalue weighted by Crippen LogP contribution is -2.47. The van der Waals surface area contributed by atoms with Crippen LogP contribution in [-0.4, -0.2) is 51.1 Å². The Morgan fingerprint density at radius 1 is 0.850 bits per heavy atom. The van der Waals surface area contributed by atoms with Gasteiger partial charge in [0.2, 0.25) is 5.91 Å². The van der Waals surface area contributed by atoms with Crippen LogP contribution in [-0.2, 0) is 4.79 Å². The molecule has 7 nitrogen and oxygen atoms in total. The number of piperazine rings is 1. The molecule has 2 amide bonds. The van der Waals surface area contributed by atoms with Gasteiger partial charge in [-0.15, -0.1) is 0 Å². The van der Waals surface area contributed by atoms with Gasteiger partial charge in [0.05, 0.1) is 18.4 Å². The van der Waals surface area contributed by atoms with E-state index >= 15 is 0 Å². The summed E-state index contributed by atoms with van der Waals surface area (Å²) in [6.45, 7) is 5.48. The summed E-state index contributed by atoms with van der Waals surface area (Å²) in [5.41, 5.74) is 3.38. The van der Waals surface area contributed by atoms with E-state index in [4.69, 9.17) is 4.74 Å². The highest BCUT2D eigenvalue weighted by molar-refractivity contribution is 6.02. The van der Waals surface area contributed by atoms with Crippen molar-refractivity contribution < 1.29 is 14.3 Å². The Labute approximate surface area is 240 Å². The zero-order chi connectivity index (χ0) is 28.2. The molecule has 0 bridgehead atoms. The van der Waals surface area contributed by atoms with Crippen molar-refractivity contribution in [2.75, 3.05) is 48.4 Å². The van der Waals surface area contributed by atoms with E-state index in [-0.39, 0.29) is 17.9 Å². The van der Waals surface area contributed by atoms with Crippen LogP contribution in [0.4, 0.5) is 17.1 Å². The minimum atomic E-state index is -0.0407. The molecule has 0 unspecified atom stereocenters. The fourth-order valence-corrected chi connectivity index (χ4v) is 5.95. The fourth-order valence-electron chi connectivity index (χ4n) is 5.95. The first-order valence-corrected chi connectivity index (χ1v) is 15.5. The second-order valence-corrected chi connectivity index (χ2v) is 11.3. The van der Waals surface area contributed by atoms with Crippen LogP contribution in [0.1, 0.15) is 94.3 Å². The van der Waals surface area contributed by atoms with Gasteiger partial charge < -0.3 is 25.2 Å². The van der Waals surface area contributed by atoms with Crippen LogP contribution in [0.15, 0.2) is 42.5 Å². The molecule has 2 fully saturated rings. The van der Waals surface area contributed by atoms with Crippen LogP contribution in [0.25, 0.3) is 0 Å². The number of nitrogens with one attached hydrogen (secondary N) is 2. The van der Waals surface area contributed by atoms with E-state index in [1.165, 1.54) is 32.1 Å². The molecule has 1 heterocycles. The molecule has 0 radical (unpaired) electrons. The lowest BCUT2D eigenvalue weighted by atomic mass is 9.95. The van der Waals surface area contributed by atoms with Gasteiger partial charge in [0.15, 0.2) is 0 Å². The van der Waals surface area contributed by atoms with Crippen molar-refractivity contribution in [1.82, 2.24) is 5.32 Å². The molecule has 2 aromatic carbocycles. The Bertz CT molecular complexity index is 1090. The number of anilines is 3. The van der Waals surface area contributed by atoms with Gasteiger partial charge in [0, 0.05) is 50.0 Å². The first kappa shape index (κ1) is 29.8. The van der Waals surface area contributed by atoms with Crippen LogP contribution in [0.5, 0.6) is 5.75 Å². The quantitative estimate of drug-likeness (QED) is 0.270. The summed E-state index contributed by atoms with van der Waals surface area (Å²) in [6.07, 6.45) is 13.1. The summed E-state index contributed by atoms with van der Waals surface area (Å²) in [6, 6.07) is 14.2. The average molecular weight is 549 g/mol. The van der Waals surface area contributed by atoms with Gasteiger partial charge in [0.1, 0.15) is 5.75 Å². The van der Waals surface area contributed by atoms with Gasteiger partial charge in [0.25, 0.3) is 5.91 Å². The van der Waals surface area contributed by atoms with Crippen LogP contribution in [0, 0.1) is 0 Å². The van der Waals surface area contributed by atoms with E-state index in [0.717, 1.165) is 81.8 Å². The number of nitrogens with zero attached hydrogens (tertiary/aromatic N) is 2. The van der Waals surface area contributed by atoms with E-state index in [0.29, 0.717) is 17.7 Å². The van der Waals surface area contributed by atoms with Crippen molar-refractivity contribution in [3.05, 3.63) is 48.0 Å². The van der Waals surface area contributed by atoms with Gasteiger partial charge >= 0.3 is 0 Å². The van der Waals surface area contributed by atoms with E-state index in [9.17, 15) is 9.59 Å². The topological polar surface area (TPSA) is 73.9 Å². The summed E-state index contributed by atoms with van der Waals surface area (Å²) in [5, 5.41) is 6.35. The van der Waals surface area contributed by atoms with Crippen LogP contribution < -0.4 is 25.2 Å². The maximum Gasteiger partial charge on any atom is 0.253 e. The zero-order valence-electron chi connectivity index (χ0n) is 24.6. The predicted octanol–water partition coefficient (Wildman–Crippen LogP) is 6.77. The molecule has 0 atom stereocenters. The third-order valence-corrected chi connectivity index (χ3v) is 8.27. The van der Waals surface area contributed by atoms with E-state index in [1.807, 2.05) is 36.4 Å². The standard InChI is InChI=1S/C33H48N4O3/c1-3-4-5-6-7-11-18-32(38)34-27-19-20-29(28(25-27)33(39)35-26-14-9-8-10-15-26)36-21-23-37(24-22-36)30-16-12-13-17-31(30)40-2/h12-13,16-17,19-20,25-26H,3-11,14-15,18,21-24H2,1-2H3,(H,34,38)(H,35,39). The summed E-state index contributed by atoms with van der Waals surface area (Å²) < 4.78 is 5.58. The Kier molecular flexibility index (Phi) is 11.6. The molecular formula is C33H48N4O3. The molecule has 1 aliphatic heterocycles. The highest BCUT2D eigenvalue weighted by atomic mass is 16.5. The number of rotatable bonds is 13. The molecule has 1 aliphatic carbocycles. The maximum absolute atomic E-state index is 13.6. The number of carbonyl (C=O) groups excluding carboxylic acids is 2. The molecule has 1 saturated carbocycles. The second-order valence-electron chi connectivity index (χ2n) is 11.3.